The van der Waals surface area contributed by atoms with Gasteiger partial charge in [-0.25, -0.2) is 4.79 Å². The molecule has 0 aliphatic heterocycles. The summed E-state index contributed by atoms with van der Waals surface area (Å²) >= 11 is 0. The van der Waals surface area contributed by atoms with Crippen molar-refractivity contribution in [3.05, 3.63) is 34.9 Å². The van der Waals surface area contributed by atoms with Gasteiger partial charge in [0.1, 0.15) is 6.10 Å². The molecule has 0 aliphatic carbocycles. The Morgan fingerprint density at radius 1 is 1.17 bits per heavy atom. The van der Waals surface area contributed by atoms with Gasteiger partial charge in [-0.05, 0) is 31.9 Å². The predicted octanol–water partition coefficient (Wildman–Crippen LogP) is 3.13. The van der Waals surface area contributed by atoms with Crippen molar-refractivity contribution < 1.29 is 14.3 Å². The van der Waals surface area contributed by atoms with Crippen LogP contribution in [0.1, 0.15) is 35.3 Å². The van der Waals surface area contributed by atoms with Crippen molar-refractivity contribution in [3.63, 3.8) is 0 Å². The molecular weight excluding hydrogens is 228 g/mol. The quantitative estimate of drug-likeness (QED) is 0.753. The van der Waals surface area contributed by atoms with Crippen LogP contribution in [0.3, 0.4) is 0 Å². The topological polar surface area (TPSA) is 35.5 Å². The van der Waals surface area contributed by atoms with E-state index in [2.05, 4.69) is 0 Å². The van der Waals surface area contributed by atoms with E-state index < -0.39 is 0 Å². The van der Waals surface area contributed by atoms with Crippen molar-refractivity contribution in [2.24, 2.45) is 5.92 Å². The lowest BCUT2D eigenvalue weighted by Crippen LogP contribution is -2.28. The number of carbonyl (C=O) groups excluding carboxylic acids is 1. The number of carbonyl (C=O) groups is 1. The average molecular weight is 250 g/mol. The fourth-order valence-corrected chi connectivity index (χ4v) is 1.82. The zero-order valence-corrected chi connectivity index (χ0v) is 11.8. The molecule has 0 aliphatic rings. The molecule has 100 valence electrons. The zero-order valence-electron chi connectivity index (χ0n) is 11.8. The lowest BCUT2D eigenvalue weighted by Gasteiger charge is -2.20. The number of esters is 1. The van der Waals surface area contributed by atoms with Gasteiger partial charge in [0.15, 0.2) is 0 Å². The van der Waals surface area contributed by atoms with Crippen LogP contribution in [0.15, 0.2) is 18.2 Å². The average Bonchev–Trinajstić information content (AvgIpc) is 2.26. The minimum atomic E-state index is -0.280. The fraction of sp³-hybridized carbons (Fsp3) is 0.533. The van der Waals surface area contributed by atoms with E-state index in [1.54, 1.807) is 7.11 Å². The Hall–Kier alpha value is -1.35. The van der Waals surface area contributed by atoms with Crippen molar-refractivity contribution in [1.82, 2.24) is 0 Å². The fourth-order valence-electron chi connectivity index (χ4n) is 1.82. The monoisotopic (exact) mass is 250 g/mol. The molecule has 1 atom stereocenters. The summed E-state index contributed by atoms with van der Waals surface area (Å²) in [6, 6.07) is 5.73. The third-order valence-corrected chi connectivity index (χ3v) is 2.79. The molecule has 18 heavy (non-hydrogen) atoms. The first-order valence-electron chi connectivity index (χ1n) is 6.22. The molecule has 1 rings (SSSR count). The number of methoxy groups -OCH3 is 1. The van der Waals surface area contributed by atoms with Crippen LogP contribution < -0.4 is 0 Å². The Morgan fingerprint density at radius 2 is 1.72 bits per heavy atom. The summed E-state index contributed by atoms with van der Waals surface area (Å²) in [7, 11) is 1.61. The van der Waals surface area contributed by atoms with Gasteiger partial charge in [-0.15, -0.1) is 0 Å². The molecule has 0 saturated heterocycles. The van der Waals surface area contributed by atoms with Crippen molar-refractivity contribution in [3.8, 4) is 0 Å². The van der Waals surface area contributed by atoms with Crippen molar-refractivity contribution >= 4 is 5.97 Å². The Balaban J connectivity index is 2.80. The van der Waals surface area contributed by atoms with E-state index >= 15 is 0 Å². The first-order chi connectivity index (χ1) is 8.43. The van der Waals surface area contributed by atoms with Gasteiger partial charge in [0.05, 0.1) is 12.2 Å². The van der Waals surface area contributed by atoms with Crippen LogP contribution >= 0.6 is 0 Å². The molecule has 0 aromatic heterocycles. The van der Waals surface area contributed by atoms with Gasteiger partial charge < -0.3 is 9.47 Å². The lowest BCUT2D eigenvalue weighted by atomic mass is 10.1. The number of hydrogen-bond donors (Lipinski definition) is 0. The second-order valence-electron chi connectivity index (χ2n) is 5.02. The number of benzene rings is 1. The van der Waals surface area contributed by atoms with E-state index in [-0.39, 0.29) is 18.0 Å². The maximum Gasteiger partial charge on any atom is 0.338 e. The Morgan fingerprint density at radius 3 is 2.17 bits per heavy atom. The summed E-state index contributed by atoms with van der Waals surface area (Å²) in [5.74, 6) is -0.0441. The highest BCUT2D eigenvalue weighted by atomic mass is 16.6. The van der Waals surface area contributed by atoms with E-state index in [0.717, 1.165) is 11.1 Å². The molecule has 0 fully saturated rings. The van der Waals surface area contributed by atoms with E-state index in [1.807, 2.05) is 45.9 Å². The zero-order chi connectivity index (χ0) is 13.7. The third kappa shape index (κ3) is 4.15. The predicted molar refractivity (Wildman–Crippen MR) is 71.8 cm³/mol. The highest BCUT2D eigenvalue weighted by Crippen LogP contribution is 2.14. The van der Waals surface area contributed by atoms with E-state index in [1.165, 1.54) is 0 Å². The number of aryl methyl sites for hydroxylation is 2. The first-order valence-corrected chi connectivity index (χ1v) is 6.22. The van der Waals surface area contributed by atoms with Crippen LogP contribution in [0, 0.1) is 19.8 Å². The van der Waals surface area contributed by atoms with Gasteiger partial charge in [-0.2, -0.15) is 0 Å². The Bertz CT molecular complexity index is 390. The molecule has 0 spiro atoms. The number of hydrogen-bond acceptors (Lipinski definition) is 3. The molecule has 0 saturated carbocycles. The van der Waals surface area contributed by atoms with Gasteiger partial charge in [-0.3, -0.25) is 0 Å². The van der Waals surface area contributed by atoms with E-state index in [4.69, 9.17) is 9.47 Å². The van der Waals surface area contributed by atoms with Crippen LogP contribution in [0.5, 0.6) is 0 Å². The van der Waals surface area contributed by atoms with Gasteiger partial charge in [0, 0.05) is 7.11 Å². The molecule has 1 unspecified atom stereocenters. The SMILES string of the molecule is COCC(OC(=O)c1cc(C)cc(C)c1)C(C)C. The molecular formula is C15H22O3. The molecule has 0 N–H and O–H groups in total. The first kappa shape index (κ1) is 14.7. The summed E-state index contributed by atoms with van der Waals surface area (Å²) in [4.78, 5) is 12.1. The van der Waals surface area contributed by atoms with E-state index in [0.29, 0.717) is 12.2 Å². The Kier molecular flexibility index (Phi) is 5.35. The molecule has 0 heterocycles. The smallest absolute Gasteiger partial charge is 0.338 e. The molecule has 1 aromatic carbocycles. The molecule has 3 nitrogen and oxygen atoms in total. The van der Waals surface area contributed by atoms with Gasteiger partial charge in [0.2, 0.25) is 0 Å². The lowest BCUT2D eigenvalue weighted by molar-refractivity contribution is -0.0102. The molecule has 3 heteroatoms. The summed E-state index contributed by atoms with van der Waals surface area (Å²) in [5, 5.41) is 0. The van der Waals surface area contributed by atoms with Crippen molar-refractivity contribution in [2.75, 3.05) is 13.7 Å². The maximum absolute atomic E-state index is 12.1. The molecule has 0 amide bonds. The van der Waals surface area contributed by atoms with Gasteiger partial charge >= 0.3 is 5.97 Å². The number of rotatable bonds is 5. The van der Waals surface area contributed by atoms with Crippen LogP contribution in [0.4, 0.5) is 0 Å². The number of ether oxygens (including phenoxy) is 2. The summed E-state index contributed by atoms with van der Waals surface area (Å²) in [5.41, 5.74) is 2.74. The highest BCUT2D eigenvalue weighted by molar-refractivity contribution is 5.90. The summed E-state index contributed by atoms with van der Waals surface area (Å²) in [6.45, 7) is 8.39. The second kappa shape index (κ2) is 6.55. The molecule has 0 bridgehead atoms. The normalized spacial score (nSPS) is 12.6. The van der Waals surface area contributed by atoms with Gasteiger partial charge in [0.25, 0.3) is 0 Å². The Labute approximate surface area is 109 Å². The van der Waals surface area contributed by atoms with Crippen LogP contribution in [0.2, 0.25) is 0 Å². The van der Waals surface area contributed by atoms with Crippen LogP contribution in [-0.2, 0) is 9.47 Å². The van der Waals surface area contributed by atoms with E-state index in [9.17, 15) is 4.79 Å². The van der Waals surface area contributed by atoms with Crippen LogP contribution in [-0.4, -0.2) is 25.8 Å². The minimum absolute atomic E-state index is 0.205. The largest absolute Gasteiger partial charge is 0.456 e. The summed E-state index contributed by atoms with van der Waals surface area (Å²) < 4.78 is 10.6. The maximum atomic E-state index is 12.1. The summed E-state index contributed by atoms with van der Waals surface area (Å²) in [6.07, 6.45) is -0.205. The van der Waals surface area contributed by atoms with Crippen LogP contribution in [0.25, 0.3) is 0 Å². The molecule has 1 aromatic rings. The van der Waals surface area contributed by atoms with Gasteiger partial charge in [-0.1, -0.05) is 31.0 Å². The third-order valence-electron chi connectivity index (χ3n) is 2.79. The standard InChI is InChI=1S/C15H22O3/c1-10(2)14(9-17-5)18-15(16)13-7-11(3)6-12(4)8-13/h6-8,10,14H,9H2,1-5H3. The molecule has 0 radical (unpaired) electrons. The minimum Gasteiger partial charge on any atom is -0.456 e. The second-order valence-corrected chi connectivity index (χ2v) is 5.02. The van der Waals surface area contributed by atoms with Crippen molar-refractivity contribution in [1.29, 1.82) is 0 Å². The highest BCUT2D eigenvalue weighted by Gasteiger charge is 2.19. The van der Waals surface area contributed by atoms with Crippen molar-refractivity contribution in [2.45, 2.75) is 33.8 Å².